The highest BCUT2D eigenvalue weighted by molar-refractivity contribution is 6.58. The van der Waals surface area contributed by atoms with Gasteiger partial charge in [-0.1, -0.05) is 54.6 Å². The zero-order valence-electron chi connectivity index (χ0n) is 12.8. The second-order valence-corrected chi connectivity index (χ2v) is 5.68. The maximum Gasteiger partial charge on any atom is 0.488 e. The Morgan fingerprint density at radius 3 is 2.25 bits per heavy atom. The van der Waals surface area contributed by atoms with Gasteiger partial charge in [-0.05, 0) is 34.8 Å². The van der Waals surface area contributed by atoms with E-state index in [1.165, 1.54) is 0 Å². The Morgan fingerprint density at radius 1 is 0.750 bits per heavy atom. The van der Waals surface area contributed by atoms with E-state index in [0.29, 0.717) is 5.46 Å². The number of aromatic amines is 1. The molecule has 0 aliphatic heterocycles. The normalized spacial score (nSPS) is 10.9. The van der Waals surface area contributed by atoms with Crippen LogP contribution in [0.2, 0.25) is 0 Å². The molecular weight excluding hydrogens is 299 g/mol. The van der Waals surface area contributed by atoms with Crippen molar-refractivity contribution in [3.05, 3.63) is 72.8 Å². The maximum absolute atomic E-state index is 9.19. The Kier molecular flexibility index (Phi) is 3.65. The molecule has 0 spiro atoms. The van der Waals surface area contributed by atoms with Crippen molar-refractivity contribution < 1.29 is 10.0 Å². The van der Waals surface area contributed by atoms with Gasteiger partial charge in [-0.3, -0.25) is 0 Å². The van der Waals surface area contributed by atoms with E-state index < -0.39 is 7.12 Å². The Bertz CT molecular complexity index is 961. The summed E-state index contributed by atoms with van der Waals surface area (Å²) in [4.78, 5) is 7.97. The van der Waals surface area contributed by atoms with Crippen molar-refractivity contribution in [1.82, 2.24) is 9.97 Å². The number of aromatic nitrogens is 2. The average Bonchev–Trinajstić information content (AvgIpc) is 3.06. The van der Waals surface area contributed by atoms with Crippen LogP contribution in [-0.2, 0) is 0 Å². The van der Waals surface area contributed by atoms with Gasteiger partial charge in [0.15, 0.2) is 0 Å². The van der Waals surface area contributed by atoms with Gasteiger partial charge in [0.05, 0.1) is 11.0 Å². The van der Waals surface area contributed by atoms with Crippen molar-refractivity contribution in [2.24, 2.45) is 0 Å². The fourth-order valence-electron chi connectivity index (χ4n) is 2.78. The lowest BCUT2D eigenvalue weighted by Crippen LogP contribution is -2.29. The van der Waals surface area contributed by atoms with Crippen molar-refractivity contribution in [2.45, 2.75) is 0 Å². The molecular formula is C19H15BN2O2. The molecule has 0 atom stereocenters. The Morgan fingerprint density at radius 2 is 1.50 bits per heavy atom. The van der Waals surface area contributed by atoms with E-state index >= 15 is 0 Å². The molecule has 1 aromatic heterocycles. The molecule has 0 saturated heterocycles. The van der Waals surface area contributed by atoms with Crippen LogP contribution in [0.3, 0.4) is 0 Å². The predicted molar refractivity (Wildman–Crippen MR) is 96.8 cm³/mol. The van der Waals surface area contributed by atoms with Crippen LogP contribution in [0.1, 0.15) is 0 Å². The topological polar surface area (TPSA) is 69.1 Å². The summed E-state index contributed by atoms with van der Waals surface area (Å²) in [6, 6.07) is 23.3. The van der Waals surface area contributed by atoms with Crippen LogP contribution in [-0.4, -0.2) is 27.1 Å². The molecule has 4 rings (SSSR count). The molecule has 0 aliphatic rings. The van der Waals surface area contributed by atoms with Crippen LogP contribution in [0, 0.1) is 0 Å². The molecule has 0 unspecified atom stereocenters. The summed E-state index contributed by atoms with van der Waals surface area (Å²) >= 11 is 0. The SMILES string of the molecule is OB(O)c1ccc(-c2cccc(-c3nc4ccccc4[nH]3)c2)cc1. The summed E-state index contributed by atoms with van der Waals surface area (Å²) in [6.45, 7) is 0. The molecule has 4 nitrogen and oxygen atoms in total. The second kappa shape index (κ2) is 5.96. The van der Waals surface area contributed by atoms with E-state index in [0.717, 1.165) is 33.5 Å². The number of imidazole rings is 1. The molecule has 4 aromatic rings. The zero-order chi connectivity index (χ0) is 16.5. The number of hydrogen-bond acceptors (Lipinski definition) is 3. The minimum Gasteiger partial charge on any atom is -0.423 e. The van der Waals surface area contributed by atoms with Gasteiger partial charge >= 0.3 is 7.12 Å². The van der Waals surface area contributed by atoms with E-state index in [1.54, 1.807) is 12.1 Å². The highest BCUT2D eigenvalue weighted by atomic mass is 16.4. The molecule has 0 bridgehead atoms. The van der Waals surface area contributed by atoms with Gasteiger partial charge < -0.3 is 15.0 Å². The first-order valence-electron chi connectivity index (χ1n) is 7.72. The van der Waals surface area contributed by atoms with Crippen LogP contribution in [0.25, 0.3) is 33.5 Å². The van der Waals surface area contributed by atoms with Crippen molar-refractivity contribution in [1.29, 1.82) is 0 Å². The van der Waals surface area contributed by atoms with Crippen molar-refractivity contribution >= 4 is 23.6 Å². The van der Waals surface area contributed by atoms with Crippen LogP contribution >= 0.6 is 0 Å². The number of benzene rings is 3. The Labute approximate surface area is 139 Å². The maximum atomic E-state index is 9.19. The van der Waals surface area contributed by atoms with Crippen molar-refractivity contribution in [3.63, 3.8) is 0 Å². The van der Waals surface area contributed by atoms with Gasteiger partial charge in [-0.15, -0.1) is 0 Å². The lowest BCUT2D eigenvalue weighted by Gasteiger charge is -2.05. The molecule has 0 fully saturated rings. The van der Waals surface area contributed by atoms with Crippen molar-refractivity contribution in [2.75, 3.05) is 0 Å². The number of nitrogens with one attached hydrogen (secondary N) is 1. The Hall–Kier alpha value is -2.89. The number of H-pyrrole nitrogens is 1. The fourth-order valence-corrected chi connectivity index (χ4v) is 2.78. The van der Waals surface area contributed by atoms with Gasteiger partial charge in [-0.25, -0.2) is 4.98 Å². The third-order valence-electron chi connectivity index (χ3n) is 4.07. The first-order chi connectivity index (χ1) is 11.7. The molecule has 3 aromatic carbocycles. The summed E-state index contributed by atoms with van der Waals surface area (Å²) in [5.41, 5.74) is 5.50. The van der Waals surface area contributed by atoms with Gasteiger partial charge in [-0.2, -0.15) is 0 Å². The first-order valence-corrected chi connectivity index (χ1v) is 7.72. The van der Waals surface area contributed by atoms with Crippen LogP contribution in [0.5, 0.6) is 0 Å². The van der Waals surface area contributed by atoms with E-state index in [9.17, 15) is 10.0 Å². The summed E-state index contributed by atoms with van der Waals surface area (Å²) in [7, 11) is -1.44. The molecule has 3 N–H and O–H groups in total. The monoisotopic (exact) mass is 314 g/mol. The average molecular weight is 314 g/mol. The van der Waals surface area contributed by atoms with Crippen LogP contribution in [0.4, 0.5) is 0 Å². The van der Waals surface area contributed by atoms with Crippen LogP contribution < -0.4 is 5.46 Å². The van der Waals surface area contributed by atoms with Gasteiger partial charge in [0.2, 0.25) is 0 Å². The van der Waals surface area contributed by atoms with Crippen molar-refractivity contribution in [3.8, 4) is 22.5 Å². The molecule has 116 valence electrons. The highest BCUT2D eigenvalue weighted by Crippen LogP contribution is 2.26. The molecule has 0 aliphatic carbocycles. The third-order valence-corrected chi connectivity index (χ3v) is 4.07. The lowest BCUT2D eigenvalue weighted by molar-refractivity contribution is 0.426. The van der Waals surface area contributed by atoms with Crippen LogP contribution in [0.15, 0.2) is 72.8 Å². The highest BCUT2D eigenvalue weighted by Gasteiger charge is 2.11. The zero-order valence-corrected chi connectivity index (χ0v) is 12.8. The fraction of sp³-hybridized carbons (Fsp3) is 0. The molecule has 5 heteroatoms. The largest absolute Gasteiger partial charge is 0.488 e. The first kappa shape index (κ1) is 14.7. The summed E-state index contributed by atoms with van der Waals surface area (Å²) in [6.07, 6.45) is 0. The van der Waals surface area contributed by atoms with Gasteiger partial charge in [0.25, 0.3) is 0 Å². The molecule has 1 heterocycles. The quantitative estimate of drug-likeness (QED) is 0.509. The van der Waals surface area contributed by atoms with E-state index in [4.69, 9.17) is 0 Å². The minimum absolute atomic E-state index is 0.479. The predicted octanol–water partition coefficient (Wildman–Crippen LogP) is 2.58. The summed E-state index contributed by atoms with van der Waals surface area (Å²) in [5, 5.41) is 18.4. The van der Waals surface area contributed by atoms with Gasteiger partial charge in [0, 0.05) is 5.56 Å². The lowest BCUT2D eigenvalue weighted by atomic mass is 9.80. The smallest absolute Gasteiger partial charge is 0.423 e. The standard InChI is InChI=1S/C19H15BN2O2/c23-20(24)16-10-8-13(9-11-16)14-4-3-5-15(12-14)19-21-17-6-1-2-7-18(17)22-19/h1-12,23-24H,(H,21,22). The molecule has 0 saturated carbocycles. The molecule has 0 radical (unpaired) electrons. The summed E-state index contributed by atoms with van der Waals surface area (Å²) in [5.74, 6) is 0.834. The summed E-state index contributed by atoms with van der Waals surface area (Å²) < 4.78 is 0. The Balaban J connectivity index is 1.73. The number of rotatable bonds is 3. The van der Waals surface area contributed by atoms with E-state index in [-0.39, 0.29) is 0 Å². The third kappa shape index (κ3) is 2.71. The number of nitrogens with zero attached hydrogens (tertiary/aromatic N) is 1. The van der Waals surface area contributed by atoms with E-state index in [1.807, 2.05) is 54.6 Å². The molecule has 0 amide bonds. The van der Waals surface area contributed by atoms with Gasteiger partial charge in [0.1, 0.15) is 5.82 Å². The number of para-hydroxylation sites is 2. The number of hydrogen-bond donors (Lipinski definition) is 3. The van der Waals surface area contributed by atoms with E-state index in [2.05, 4.69) is 16.0 Å². The second-order valence-electron chi connectivity index (χ2n) is 5.68. The minimum atomic E-state index is -1.44. The molecule has 24 heavy (non-hydrogen) atoms. The number of fused-ring (bicyclic) bond motifs is 1.